The van der Waals surface area contributed by atoms with Crippen LogP contribution in [0.15, 0.2) is 87.1 Å². The van der Waals surface area contributed by atoms with Gasteiger partial charge in [0.1, 0.15) is 22.1 Å². The molecule has 3 aromatic rings. The first-order valence-electron chi connectivity index (χ1n) is 7.03. The maximum Gasteiger partial charge on any atom is 0.210 e. The Bertz CT molecular complexity index is 949. The van der Waals surface area contributed by atoms with Crippen LogP contribution in [0.3, 0.4) is 0 Å². The molecular formula is C18H13BrO4S. The molecular weight excluding hydrogens is 392 g/mol. The Morgan fingerprint density at radius 1 is 0.833 bits per heavy atom. The maximum atomic E-state index is 12.8. The first-order valence-corrected chi connectivity index (χ1v) is 9.31. The summed E-state index contributed by atoms with van der Waals surface area (Å²) in [6.07, 6.45) is 0. The van der Waals surface area contributed by atoms with E-state index in [0.29, 0.717) is 5.75 Å². The highest BCUT2D eigenvalue weighted by molar-refractivity contribution is 9.10. The van der Waals surface area contributed by atoms with Crippen molar-refractivity contribution in [1.29, 1.82) is 0 Å². The van der Waals surface area contributed by atoms with Crippen molar-refractivity contribution in [2.45, 2.75) is 9.79 Å². The van der Waals surface area contributed by atoms with E-state index in [2.05, 4.69) is 15.9 Å². The van der Waals surface area contributed by atoms with Crippen LogP contribution in [-0.4, -0.2) is 13.5 Å². The van der Waals surface area contributed by atoms with Gasteiger partial charge in [0.05, 0.1) is 4.90 Å². The molecule has 0 heterocycles. The molecule has 0 amide bonds. The summed E-state index contributed by atoms with van der Waals surface area (Å²) in [6.45, 7) is 0. The van der Waals surface area contributed by atoms with Crippen molar-refractivity contribution < 1.29 is 18.3 Å². The van der Waals surface area contributed by atoms with Crippen LogP contribution in [0.5, 0.6) is 17.2 Å². The lowest BCUT2D eigenvalue weighted by Gasteiger charge is -2.12. The van der Waals surface area contributed by atoms with E-state index in [0.717, 1.165) is 4.47 Å². The summed E-state index contributed by atoms with van der Waals surface area (Å²) in [5, 5.41) is 9.34. The number of aromatic hydroxyl groups is 1. The van der Waals surface area contributed by atoms with Gasteiger partial charge in [-0.3, -0.25) is 0 Å². The summed E-state index contributed by atoms with van der Waals surface area (Å²) < 4.78 is 32.3. The van der Waals surface area contributed by atoms with Gasteiger partial charge in [0.2, 0.25) is 9.84 Å². The highest BCUT2D eigenvalue weighted by Crippen LogP contribution is 2.33. The molecule has 0 radical (unpaired) electrons. The summed E-state index contributed by atoms with van der Waals surface area (Å²) in [7, 11) is -3.76. The second kappa shape index (κ2) is 6.67. The van der Waals surface area contributed by atoms with Gasteiger partial charge >= 0.3 is 0 Å². The summed E-state index contributed by atoms with van der Waals surface area (Å²) in [5.74, 6) is 0.785. The molecule has 0 aliphatic carbocycles. The fraction of sp³-hybridized carbons (Fsp3) is 0. The zero-order valence-electron chi connectivity index (χ0n) is 12.4. The number of benzene rings is 3. The monoisotopic (exact) mass is 404 g/mol. The number of phenols is 1. The van der Waals surface area contributed by atoms with E-state index in [-0.39, 0.29) is 21.3 Å². The highest BCUT2D eigenvalue weighted by Gasteiger charge is 2.22. The van der Waals surface area contributed by atoms with E-state index in [1.807, 2.05) is 12.1 Å². The average molecular weight is 405 g/mol. The van der Waals surface area contributed by atoms with Crippen molar-refractivity contribution in [2.75, 3.05) is 0 Å². The highest BCUT2D eigenvalue weighted by atomic mass is 79.9. The third-order valence-electron chi connectivity index (χ3n) is 3.33. The van der Waals surface area contributed by atoms with Crippen molar-refractivity contribution >= 4 is 25.8 Å². The molecule has 0 unspecified atom stereocenters. The smallest absolute Gasteiger partial charge is 0.210 e. The lowest BCUT2D eigenvalue weighted by atomic mass is 10.3. The second-order valence-corrected chi connectivity index (χ2v) is 7.83. The van der Waals surface area contributed by atoms with Crippen molar-refractivity contribution in [2.24, 2.45) is 0 Å². The van der Waals surface area contributed by atoms with Gasteiger partial charge in [-0.1, -0.05) is 28.1 Å². The van der Waals surface area contributed by atoms with Crippen molar-refractivity contribution in [3.8, 4) is 17.2 Å². The Kier molecular flexibility index (Phi) is 4.59. The van der Waals surface area contributed by atoms with E-state index in [4.69, 9.17) is 4.74 Å². The van der Waals surface area contributed by atoms with Crippen LogP contribution < -0.4 is 4.74 Å². The Balaban J connectivity index is 2.02. The van der Waals surface area contributed by atoms with Crippen molar-refractivity contribution in [3.63, 3.8) is 0 Å². The fourth-order valence-corrected chi connectivity index (χ4v) is 3.78. The molecule has 6 heteroatoms. The van der Waals surface area contributed by atoms with Crippen LogP contribution in [0, 0.1) is 0 Å². The molecule has 3 aromatic carbocycles. The topological polar surface area (TPSA) is 63.6 Å². The number of para-hydroxylation sites is 1. The Hall–Kier alpha value is -2.31. The average Bonchev–Trinajstić information content (AvgIpc) is 2.58. The number of hydrogen-bond donors (Lipinski definition) is 1. The summed E-state index contributed by atoms with van der Waals surface area (Å²) in [6, 6.07) is 19.0. The van der Waals surface area contributed by atoms with Gasteiger partial charge in [0.15, 0.2) is 0 Å². The van der Waals surface area contributed by atoms with Crippen LogP contribution in [0.1, 0.15) is 0 Å². The van der Waals surface area contributed by atoms with E-state index in [1.165, 1.54) is 30.3 Å². The quantitative estimate of drug-likeness (QED) is 0.679. The Morgan fingerprint density at radius 2 is 1.46 bits per heavy atom. The molecule has 1 N–H and O–H groups in total. The molecule has 0 bridgehead atoms. The van der Waals surface area contributed by atoms with Crippen LogP contribution in [-0.2, 0) is 9.84 Å². The van der Waals surface area contributed by atoms with E-state index in [9.17, 15) is 13.5 Å². The number of hydrogen-bond acceptors (Lipinski definition) is 4. The zero-order valence-corrected chi connectivity index (χ0v) is 14.8. The van der Waals surface area contributed by atoms with Gasteiger partial charge in [0, 0.05) is 4.47 Å². The lowest BCUT2D eigenvalue weighted by molar-refractivity contribution is 0.467. The van der Waals surface area contributed by atoms with E-state index in [1.54, 1.807) is 30.3 Å². The Labute approximate surface area is 148 Å². The molecule has 0 aliphatic rings. The zero-order chi connectivity index (χ0) is 17.2. The van der Waals surface area contributed by atoms with Gasteiger partial charge in [-0.25, -0.2) is 8.42 Å². The molecule has 24 heavy (non-hydrogen) atoms. The lowest BCUT2D eigenvalue weighted by Crippen LogP contribution is -2.03. The SMILES string of the molecule is O=S(=O)(c1ccc(O)cc1)c1ccccc1Oc1ccc(Br)cc1. The predicted octanol–water partition coefficient (Wildman–Crippen LogP) is 4.78. The number of ether oxygens (including phenoxy) is 1. The molecule has 4 nitrogen and oxygen atoms in total. The predicted molar refractivity (Wildman–Crippen MR) is 94.2 cm³/mol. The number of halogens is 1. The largest absolute Gasteiger partial charge is 0.508 e. The Morgan fingerprint density at radius 3 is 2.12 bits per heavy atom. The molecule has 0 spiro atoms. The summed E-state index contributed by atoms with van der Waals surface area (Å²) in [5.41, 5.74) is 0. The molecule has 0 aromatic heterocycles. The minimum absolute atomic E-state index is 0.00773. The van der Waals surface area contributed by atoms with Gasteiger partial charge in [-0.05, 0) is 60.7 Å². The fourth-order valence-electron chi connectivity index (χ4n) is 2.14. The second-order valence-electron chi connectivity index (χ2n) is 5.00. The molecule has 0 saturated carbocycles. The third kappa shape index (κ3) is 3.44. The summed E-state index contributed by atoms with van der Waals surface area (Å²) >= 11 is 3.34. The minimum atomic E-state index is -3.76. The number of sulfone groups is 1. The van der Waals surface area contributed by atoms with Crippen LogP contribution in [0.25, 0.3) is 0 Å². The molecule has 3 rings (SSSR count). The first kappa shape index (κ1) is 16.5. The normalized spacial score (nSPS) is 11.2. The number of phenolic OH excluding ortho intramolecular Hbond substituents is 1. The van der Waals surface area contributed by atoms with Gasteiger partial charge < -0.3 is 9.84 Å². The van der Waals surface area contributed by atoms with E-state index < -0.39 is 9.84 Å². The molecule has 0 atom stereocenters. The van der Waals surface area contributed by atoms with Gasteiger partial charge in [-0.15, -0.1) is 0 Å². The van der Waals surface area contributed by atoms with Crippen LogP contribution >= 0.6 is 15.9 Å². The van der Waals surface area contributed by atoms with Gasteiger partial charge in [-0.2, -0.15) is 0 Å². The standard InChI is InChI=1S/C18H13BrO4S/c19-13-5-9-15(10-6-13)23-17-3-1-2-4-18(17)24(21,22)16-11-7-14(20)8-12-16/h1-12,20H. The van der Waals surface area contributed by atoms with E-state index >= 15 is 0 Å². The van der Waals surface area contributed by atoms with Crippen LogP contribution in [0.2, 0.25) is 0 Å². The molecule has 0 saturated heterocycles. The van der Waals surface area contributed by atoms with Gasteiger partial charge in [0.25, 0.3) is 0 Å². The third-order valence-corrected chi connectivity index (χ3v) is 5.66. The molecule has 0 fully saturated rings. The first-order chi connectivity index (χ1) is 11.5. The van der Waals surface area contributed by atoms with Crippen molar-refractivity contribution in [3.05, 3.63) is 77.3 Å². The minimum Gasteiger partial charge on any atom is -0.508 e. The van der Waals surface area contributed by atoms with Crippen molar-refractivity contribution in [1.82, 2.24) is 0 Å². The van der Waals surface area contributed by atoms with Crippen LogP contribution in [0.4, 0.5) is 0 Å². The molecule has 0 aliphatic heterocycles. The molecule has 122 valence electrons. The summed E-state index contributed by atoms with van der Waals surface area (Å²) in [4.78, 5) is 0.158. The number of rotatable bonds is 4. The maximum absolute atomic E-state index is 12.8.